The molecule has 0 fully saturated rings. The number of aromatic carboxylic acids is 1. The lowest BCUT2D eigenvalue weighted by Gasteiger charge is -2.13. The number of nitrogens with one attached hydrogen (secondary N) is 1. The number of carbonyl (C=O) groups is 3. The number of ketones is 1. The van der Waals surface area contributed by atoms with Gasteiger partial charge in [-0.1, -0.05) is 24.3 Å². The van der Waals surface area contributed by atoms with Crippen molar-refractivity contribution in [2.75, 3.05) is 0 Å². The van der Waals surface area contributed by atoms with Crippen LogP contribution in [0.4, 0.5) is 0 Å². The van der Waals surface area contributed by atoms with E-state index in [4.69, 9.17) is 5.11 Å². The minimum Gasteiger partial charge on any atom is -0.478 e. The average molecular weight is 343 g/mol. The van der Waals surface area contributed by atoms with E-state index in [1.54, 1.807) is 12.1 Å². The van der Waals surface area contributed by atoms with Crippen LogP contribution in [0.3, 0.4) is 0 Å². The van der Waals surface area contributed by atoms with Crippen molar-refractivity contribution in [2.45, 2.75) is 19.8 Å². The highest BCUT2D eigenvalue weighted by atomic mass is 16.5. The topological polar surface area (TPSA) is 124 Å². The first kappa shape index (κ1) is 18.3. The lowest BCUT2D eigenvalue weighted by atomic mass is 10.0. The van der Waals surface area contributed by atoms with Gasteiger partial charge < -0.3 is 20.6 Å². The normalized spacial score (nSPS) is 10.6. The van der Waals surface area contributed by atoms with Crippen molar-refractivity contribution in [1.29, 1.82) is 0 Å². The van der Waals surface area contributed by atoms with Crippen LogP contribution in [0.1, 0.15) is 55.4 Å². The van der Waals surface area contributed by atoms with Gasteiger partial charge in [0.25, 0.3) is 5.91 Å². The van der Waals surface area contributed by atoms with E-state index in [2.05, 4.69) is 5.32 Å². The van der Waals surface area contributed by atoms with Crippen LogP contribution >= 0.6 is 0 Å². The minimum atomic E-state index is -1.79. The van der Waals surface area contributed by atoms with E-state index in [1.807, 2.05) is 0 Å². The number of carbonyl (C=O) groups excluding carboxylic acids is 2. The van der Waals surface area contributed by atoms with Gasteiger partial charge in [0.05, 0.1) is 5.56 Å². The molecule has 0 radical (unpaired) electrons. The van der Waals surface area contributed by atoms with Gasteiger partial charge in [-0.15, -0.1) is 0 Å². The van der Waals surface area contributed by atoms with E-state index < -0.39 is 18.2 Å². The molecule has 7 heteroatoms. The fourth-order valence-corrected chi connectivity index (χ4v) is 2.39. The van der Waals surface area contributed by atoms with Gasteiger partial charge in [-0.25, -0.2) is 4.79 Å². The van der Waals surface area contributed by atoms with Gasteiger partial charge in [0.2, 0.25) is 0 Å². The first-order valence-corrected chi connectivity index (χ1v) is 7.41. The molecule has 25 heavy (non-hydrogen) atoms. The molecular weight excluding hydrogens is 326 g/mol. The summed E-state index contributed by atoms with van der Waals surface area (Å²) in [6.07, 6.45) is -1.79. The SMILES string of the molecule is CC(=O)c1cc(C(=O)O)ccc1CNC(=O)c1ccccc1C(O)O. The number of rotatable bonds is 6. The maximum Gasteiger partial charge on any atom is 0.335 e. The van der Waals surface area contributed by atoms with Crippen molar-refractivity contribution in [3.63, 3.8) is 0 Å². The molecule has 0 unspecified atom stereocenters. The molecule has 0 aromatic heterocycles. The van der Waals surface area contributed by atoms with Gasteiger partial charge in [-0.3, -0.25) is 9.59 Å². The third-order valence-electron chi connectivity index (χ3n) is 3.66. The molecule has 7 nitrogen and oxygen atoms in total. The number of benzene rings is 2. The summed E-state index contributed by atoms with van der Waals surface area (Å²) in [4.78, 5) is 35.0. The van der Waals surface area contributed by atoms with Crippen LogP contribution in [-0.4, -0.2) is 33.0 Å². The number of hydrogen-bond donors (Lipinski definition) is 4. The largest absolute Gasteiger partial charge is 0.478 e. The first-order valence-electron chi connectivity index (χ1n) is 7.41. The number of amides is 1. The summed E-state index contributed by atoms with van der Waals surface area (Å²) in [5.74, 6) is -2.01. The Morgan fingerprint density at radius 2 is 1.72 bits per heavy atom. The molecule has 4 N–H and O–H groups in total. The predicted octanol–water partition coefficient (Wildman–Crippen LogP) is 1.50. The molecule has 0 saturated carbocycles. The zero-order chi connectivity index (χ0) is 18.6. The van der Waals surface area contributed by atoms with Crippen molar-refractivity contribution < 1.29 is 29.7 Å². The maximum atomic E-state index is 12.3. The summed E-state index contributed by atoms with van der Waals surface area (Å²) in [5.41, 5.74) is 0.814. The zero-order valence-electron chi connectivity index (χ0n) is 13.4. The van der Waals surface area contributed by atoms with Crippen molar-refractivity contribution in [1.82, 2.24) is 5.32 Å². The Kier molecular flexibility index (Phi) is 5.63. The Hall–Kier alpha value is -3.03. The van der Waals surface area contributed by atoms with E-state index in [9.17, 15) is 24.6 Å². The third kappa shape index (κ3) is 4.28. The highest BCUT2D eigenvalue weighted by Gasteiger charge is 2.16. The van der Waals surface area contributed by atoms with Gasteiger partial charge in [-0.05, 0) is 30.7 Å². The Morgan fingerprint density at radius 3 is 2.32 bits per heavy atom. The van der Waals surface area contributed by atoms with E-state index in [0.29, 0.717) is 5.56 Å². The smallest absolute Gasteiger partial charge is 0.335 e. The molecule has 1 amide bonds. The van der Waals surface area contributed by atoms with Gasteiger partial charge >= 0.3 is 5.97 Å². The summed E-state index contributed by atoms with van der Waals surface area (Å²) in [6.45, 7) is 1.30. The quantitative estimate of drug-likeness (QED) is 0.465. The second-order valence-electron chi connectivity index (χ2n) is 5.38. The number of Topliss-reactive ketones (excluding diaryl/α,β-unsaturated/α-hetero) is 1. The number of carboxylic acids is 1. The molecule has 0 atom stereocenters. The molecule has 2 rings (SSSR count). The van der Waals surface area contributed by atoms with Crippen LogP contribution in [0.2, 0.25) is 0 Å². The van der Waals surface area contributed by atoms with Gasteiger partial charge in [0.15, 0.2) is 12.1 Å². The molecule has 0 aliphatic rings. The van der Waals surface area contributed by atoms with Crippen LogP contribution in [0, 0.1) is 0 Å². The molecule has 2 aromatic rings. The Labute approximate surface area is 143 Å². The summed E-state index contributed by atoms with van der Waals surface area (Å²) in [5, 5.41) is 30.2. The highest BCUT2D eigenvalue weighted by molar-refractivity contribution is 5.99. The molecule has 0 aliphatic heterocycles. The molecule has 0 heterocycles. The van der Waals surface area contributed by atoms with Crippen molar-refractivity contribution in [2.24, 2.45) is 0 Å². The lowest BCUT2D eigenvalue weighted by Crippen LogP contribution is -2.25. The molecule has 0 bridgehead atoms. The predicted molar refractivity (Wildman–Crippen MR) is 88.2 cm³/mol. The summed E-state index contributed by atoms with van der Waals surface area (Å²) >= 11 is 0. The first-order chi connectivity index (χ1) is 11.8. The van der Waals surface area contributed by atoms with E-state index >= 15 is 0 Å². The van der Waals surface area contributed by atoms with Gasteiger partial charge in [0.1, 0.15) is 0 Å². The van der Waals surface area contributed by atoms with E-state index in [1.165, 1.54) is 37.3 Å². The van der Waals surface area contributed by atoms with Crippen LogP contribution in [0.25, 0.3) is 0 Å². The second-order valence-corrected chi connectivity index (χ2v) is 5.38. The van der Waals surface area contributed by atoms with Crippen molar-refractivity contribution in [3.05, 3.63) is 70.3 Å². The van der Waals surface area contributed by atoms with Crippen molar-refractivity contribution >= 4 is 17.7 Å². The van der Waals surface area contributed by atoms with E-state index in [0.717, 1.165) is 0 Å². The van der Waals surface area contributed by atoms with E-state index in [-0.39, 0.29) is 34.6 Å². The summed E-state index contributed by atoms with van der Waals surface area (Å²) in [7, 11) is 0. The highest BCUT2D eigenvalue weighted by Crippen LogP contribution is 2.17. The number of hydrogen-bond acceptors (Lipinski definition) is 5. The van der Waals surface area contributed by atoms with Gasteiger partial charge in [0, 0.05) is 23.2 Å². The zero-order valence-corrected chi connectivity index (χ0v) is 13.4. The molecule has 0 spiro atoms. The molecular formula is C18H17NO6. The summed E-state index contributed by atoms with van der Waals surface area (Å²) in [6, 6.07) is 10.1. The fraction of sp³-hybridized carbons (Fsp3) is 0.167. The molecule has 2 aromatic carbocycles. The Bertz CT molecular complexity index is 828. The minimum absolute atomic E-state index is 0.0104. The standard InChI is InChI=1S/C18H17NO6/c1-10(20)15-8-11(17(22)23)6-7-12(15)9-19-16(21)13-4-2-3-5-14(13)18(24)25/h2-8,18,24-25H,9H2,1H3,(H,19,21)(H,22,23). The molecule has 0 saturated heterocycles. The monoisotopic (exact) mass is 343 g/mol. The van der Waals surface area contributed by atoms with Crippen molar-refractivity contribution in [3.8, 4) is 0 Å². The molecule has 0 aliphatic carbocycles. The third-order valence-corrected chi connectivity index (χ3v) is 3.66. The molecule has 130 valence electrons. The average Bonchev–Trinajstić information content (AvgIpc) is 2.59. The number of aliphatic hydroxyl groups is 2. The van der Waals surface area contributed by atoms with Crippen LogP contribution < -0.4 is 5.32 Å². The Morgan fingerprint density at radius 1 is 1.04 bits per heavy atom. The number of carboxylic acid groups (broad SMARTS) is 1. The second kappa shape index (κ2) is 7.69. The fourth-order valence-electron chi connectivity index (χ4n) is 2.39. The Balaban J connectivity index is 2.23. The van der Waals surface area contributed by atoms with Crippen LogP contribution in [-0.2, 0) is 6.54 Å². The maximum absolute atomic E-state index is 12.3. The van der Waals surface area contributed by atoms with Crippen LogP contribution in [0.15, 0.2) is 42.5 Å². The number of aliphatic hydroxyl groups excluding tert-OH is 1. The lowest BCUT2D eigenvalue weighted by molar-refractivity contribution is -0.0429. The summed E-state index contributed by atoms with van der Waals surface area (Å²) < 4.78 is 0. The van der Waals surface area contributed by atoms with Gasteiger partial charge in [-0.2, -0.15) is 0 Å². The van der Waals surface area contributed by atoms with Crippen LogP contribution in [0.5, 0.6) is 0 Å².